The third-order valence-corrected chi connectivity index (χ3v) is 3.60. The molecule has 0 fully saturated rings. The van der Waals surface area contributed by atoms with E-state index in [4.69, 9.17) is 15.2 Å². The number of rotatable bonds is 3. The van der Waals surface area contributed by atoms with E-state index in [-0.39, 0.29) is 18.0 Å². The molecule has 0 saturated heterocycles. The Hall–Kier alpha value is -2.79. The van der Waals surface area contributed by atoms with Crippen molar-refractivity contribution in [2.75, 3.05) is 13.8 Å². The van der Waals surface area contributed by atoms with Crippen LogP contribution in [0.1, 0.15) is 10.4 Å². The lowest BCUT2D eigenvalue weighted by molar-refractivity contribution is 0.0517. The molecule has 0 amide bonds. The molecule has 0 heterocycles. The van der Waals surface area contributed by atoms with E-state index in [2.05, 4.69) is 0 Å². The van der Waals surface area contributed by atoms with E-state index in [9.17, 15) is 9.90 Å². The van der Waals surface area contributed by atoms with Crippen LogP contribution in [0.15, 0.2) is 42.5 Å². The normalized spacial score (nSPS) is 10.8. The highest BCUT2D eigenvalue weighted by Crippen LogP contribution is 2.41. The Balaban J connectivity index is 2.46. The second kappa shape index (κ2) is 5.54. The van der Waals surface area contributed by atoms with Gasteiger partial charge in [-0.05, 0) is 16.8 Å². The minimum atomic E-state index is -0.583. The number of hydrogen-bond donors (Lipinski definition) is 2. The van der Waals surface area contributed by atoms with Crippen LogP contribution in [-0.4, -0.2) is 24.9 Å². The number of esters is 1. The molecule has 0 aliphatic carbocycles. The summed E-state index contributed by atoms with van der Waals surface area (Å²) in [6, 6.07) is 12.7. The van der Waals surface area contributed by atoms with Crippen LogP contribution in [0.4, 0.5) is 0 Å². The van der Waals surface area contributed by atoms with Crippen LogP contribution < -0.4 is 10.5 Å². The van der Waals surface area contributed by atoms with Crippen molar-refractivity contribution in [3.8, 4) is 11.5 Å². The van der Waals surface area contributed by atoms with Gasteiger partial charge in [-0.15, -0.1) is 0 Å². The van der Waals surface area contributed by atoms with Crippen molar-refractivity contribution < 1.29 is 19.4 Å². The van der Waals surface area contributed by atoms with Crippen molar-refractivity contribution in [3.05, 3.63) is 48.0 Å². The first-order valence-corrected chi connectivity index (χ1v) is 6.76. The molecule has 3 aromatic rings. The summed E-state index contributed by atoms with van der Waals surface area (Å²) in [7, 11) is 1.48. The van der Waals surface area contributed by atoms with Crippen LogP contribution >= 0.6 is 0 Å². The molecular weight excluding hydrogens is 282 g/mol. The van der Waals surface area contributed by atoms with Gasteiger partial charge >= 0.3 is 5.97 Å². The molecule has 0 aliphatic heterocycles. The number of nitrogens with two attached hydrogens (primary N) is 1. The molecule has 0 aliphatic rings. The number of phenols is 1. The number of ether oxygens (including phenoxy) is 2. The SMILES string of the molecule is COc1c(O)cc(C(=O)OCN)c2ccc3ccccc3c12. The molecule has 3 N–H and O–H groups in total. The van der Waals surface area contributed by atoms with Crippen molar-refractivity contribution in [2.24, 2.45) is 5.73 Å². The first-order chi connectivity index (χ1) is 10.7. The Kier molecular flexibility index (Phi) is 3.56. The highest BCUT2D eigenvalue weighted by Gasteiger charge is 2.19. The maximum Gasteiger partial charge on any atom is 0.340 e. The average molecular weight is 297 g/mol. The second-order valence-corrected chi connectivity index (χ2v) is 4.78. The number of carbonyl (C=O) groups is 1. The summed E-state index contributed by atoms with van der Waals surface area (Å²) >= 11 is 0. The summed E-state index contributed by atoms with van der Waals surface area (Å²) < 4.78 is 10.2. The minimum Gasteiger partial charge on any atom is -0.504 e. The van der Waals surface area contributed by atoms with Gasteiger partial charge in [-0.25, -0.2) is 4.79 Å². The Bertz CT molecular complexity index is 873. The van der Waals surface area contributed by atoms with E-state index in [1.807, 2.05) is 36.4 Å². The lowest BCUT2D eigenvalue weighted by atomic mass is 9.97. The van der Waals surface area contributed by atoms with Gasteiger partial charge in [0.25, 0.3) is 0 Å². The molecule has 5 nitrogen and oxygen atoms in total. The molecular formula is C17H15NO4. The van der Waals surface area contributed by atoms with Crippen LogP contribution in [0, 0.1) is 0 Å². The van der Waals surface area contributed by atoms with Crippen molar-refractivity contribution in [2.45, 2.75) is 0 Å². The number of benzene rings is 3. The Morgan fingerprint density at radius 2 is 1.95 bits per heavy atom. The van der Waals surface area contributed by atoms with Gasteiger partial charge in [0.1, 0.15) is 6.73 Å². The molecule has 0 unspecified atom stereocenters. The van der Waals surface area contributed by atoms with Gasteiger partial charge in [0, 0.05) is 10.8 Å². The zero-order valence-corrected chi connectivity index (χ0v) is 12.0. The monoisotopic (exact) mass is 297 g/mol. The van der Waals surface area contributed by atoms with Gasteiger partial charge < -0.3 is 14.6 Å². The van der Waals surface area contributed by atoms with Crippen molar-refractivity contribution in [1.29, 1.82) is 0 Å². The second-order valence-electron chi connectivity index (χ2n) is 4.78. The van der Waals surface area contributed by atoms with E-state index in [1.165, 1.54) is 13.2 Å². The van der Waals surface area contributed by atoms with Gasteiger partial charge in [0.2, 0.25) is 0 Å². The van der Waals surface area contributed by atoms with Gasteiger partial charge in [0.05, 0.1) is 12.7 Å². The molecule has 112 valence electrons. The third kappa shape index (κ3) is 2.12. The molecule has 0 radical (unpaired) electrons. The van der Waals surface area contributed by atoms with Crippen LogP contribution in [0.5, 0.6) is 11.5 Å². The predicted molar refractivity (Wildman–Crippen MR) is 84.1 cm³/mol. The molecule has 5 heteroatoms. The molecule has 0 bridgehead atoms. The maximum absolute atomic E-state index is 12.1. The van der Waals surface area contributed by atoms with Gasteiger partial charge in [0.15, 0.2) is 11.5 Å². The predicted octanol–water partition coefficient (Wildman–Crippen LogP) is 2.78. The number of hydrogen-bond acceptors (Lipinski definition) is 5. The molecule has 3 rings (SSSR count). The molecule has 0 saturated carbocycles. The molecule has 0 atom stereocenters. The number of phenolic OH excluding ortho intramolecular Hbond substituents is 1. The molecule has 0 spiro atoms. The highest BCUT2D eigenvalue weighted by molar-refractivity contribution is 6.17. The van der Waals surface area contributed by atoms with Crippen molar-refractivity contribution in [3.63, 3.8) is 0 Å². The minimum absolute atomic E-state index is 0.115. The van der Waals surface area contributed by atoms with Crippen molar-refractivity contribution >= 4 is 27.5 Å². The number of methoxy groups -OCH3 is 1. The van der Waals surface area contributed by atoms with E-state index < -0.39 is 5.97 Å². The summed E-state index contributed by atoms with van der Waals surface area (Å²) in [5.74, 6) is -0.368. The van der Waals surface area contributed by atoms with Crippen LogP contribution in [0.25, 0.3) is 21.5 Å². The summed E-state index contributed by atoms with van der Waals surface area (Å²) in [4.78, 5) is 12.1. The summed E-state index contributed by atoms with van der Waals surface area (Å²) in [6.45, 7) is -0.222. The Morgan fingerprint density at radius 3 is 2.68 bits per heavy atom. The van der Waals surface area contributed by atoms with Gasteiger partial charge in [-0.2, -0.15) is 0 Å². The fourth-order valence-corrected chi connectivity index (χ4v) is 2.68. The number of carbonyl (C=O) groups excluding carboxylic acids is 1. The molecule has 0 aromatic heterocycles. The largest absolute Gasteiger partial charge is 0.504 e. The first kappa shape index (κ1) is 14.2. The standard InChI is InChI=1S/C17H15NO4/c1-21-16-14(19)8-13(17(20)22-9-18)12-7-6-10-4-2-3-5-11(10)15(12)16/h2-8,19H,9,18H2,1H3. The van der Waals surface area contributed by atoms with Crippen LogP contribution in [0.3, 0.4) is 0 Å². The van der Waals surface area contributed by atoms with Crippen LogP contribution in [-0.2, 0) is 4.74 Å². The average Bonchev–Trinajstić information content (AvgIpc) is 2.54. The maximum atomic E-state index is 12.1. The summed E-state index contributed by atoms with van der Waals surface area (Å²) in [5, 5.41) is 13.4. The van der Waals surface area contributed by atoms with E-state index in [0.29, 0.717) is 16.5 Å². The lowest BCUT2D eigenvalue weighted by Gasteiger charge is -2.14. The van der Waals surface area contributed by atoms with E-state index in [1.54, 1.807) is 0 Å². The van der Waals surface area contributed by atoms with E-state index >= 15 is 0 Å². The van der Waals surface area contributed by atoms with Gasteiger partial charge in [-0.1, -0.05) is 36.4 Å². The molecule has 3 aromatic carbocycles. The number of fused-ring (bicyclic) bond motifs is 3. The van der Waals surface area contributed by atoms with Crippen molar-refractivity contribution in [1.82, 2.24) is 0 Å². The first-order valence-electron chi connectivity index (χ1n) is 6.76. The topological polar surface area (TPSA) is 81.8 Å². The van der Waals surface area contributed by atoms with Crippen LogP contribution in [0.2, 0.25) is 0 Å². The number of aromatic hydroxyl groups is 1. The zero-order valence-electron chi connectivity index (χ0n) is 12.0. The Morgan fingerprint density at radius 1 is 1.18 bits per heavy atom. The fourth-order valence-electron chi connectivity index (χ4n) is 2.68. The quantitative estimate of drug-likeness (QED) is 0.441. The summed E-state index contributed by atoms with van der Waals surface area (Å²) in [5.41, 5.74) is 5.52. The molecule has 22 heavy (non-hydrogen) atoms. The smallest absolute Gasteiger partial charge is 0.340 e. The Labute approximate surface area is 126 Å². The van der Waals surface area contributed by atoms with E-state index in [0.717, 1.165) is 10.8 Å². The fraction of sp³-hybridized carbons (Fsp3) is 0.118. The third-order valence-electron chi connectivity index (χ3n) is 3.60. The lowest BCUT2D eigenvalue weighted by Crippen LogP contribution is -2.12. The van der Waals surface area contributed by atoms with Gasteiger partial charge in [-0.3, -0.25) is 5.73 Å². The highest BCUT2D eigenvalue weighted by atomic mass is 16.5. The summed E-state index contributed by atoms with van der Waals surface area (Å²) in [6.07, 6.45) is 0. The zero-order chi connectivity index (χ0) is 15.7.